The number of para-hydroxylation sites is 3. The highest BCUT2D eigenvalue weighted by atomic mass is 16.5. The van der Waals surface area contributed by atoms with E-state index in [1.807, 2.05) is 66.9 Å². The molecular formula is C36H30N4O. The van der Waals surface area contributed by atoms with E-state index in [2.05, 4.69) is 85.3 Å². The van der Waals surface area contributed by atoms with E-state index in [0.29, 0.717) is 11.6 Å². The van der Waals surface area contributed by atoms with Gasteiger partial charge in [0.05, 0.1) is 22.2 Å². The summed E-state index contributed by atoms with van der Waals surface area (Å²) in [4.78, 5) is 9.70. The van der Waals surface area contributed by atoms with Crippen LogP contribution in [0.4, 0.5) is 11.4 Å². The van der Waals surface area contributed by atoms with Crippen LogP contribution in [0.25, 0.3) is 38.5 Å². The number of benzene rings is 4. The fraction of sp³-hybridized carbons (Fsp3) is 0.111. The van der Waals surface area contributed by atoms with Crippen molar-refractivity contribution in [2.75, 3.05) is 5.32 Å². The maximum Gasteiger partial charge on any atom is 0.219 e. The van der Waals surface area contributed by atoms with Crippen LogP contribution >= 0.6 is 0 Å². The number of hydrogen-bond donors (Lipinski definition) is 1. The normalized spacial score (nSPS) is 11.8. The van der Waals surface area contributed by atoms with E-state index in [-0.39, 0.29) is 5.41 Å². The summed E-state index contributed by atoms with van der Waals surface area (Å²) in [6.45, 7) is 6.67. The van der Waals surface area contributed by atoms with E-state index >= 15 is 0 Å². The number of aromatic nitrogens is 3. The fourth-order valence-corrected chi connectivity index (χ4v) is 5.35. The maximum absolute atomic E-state index is 6.39. The molecule has 41 heavy (non-hydrogen) atoms. The second-order valence-electron chi connectivity index (χ2n) is 11.3. The van der Waals surface area contributed by atoms with E-state index in [1.54, 1.807) is 0 Å². The third-order valence-electron chi connectivity index (χ3n) is 7.46. The maximum atomic E-state index is 6.39. The van der Waals surface area contributed by atoms with E-state index < -0.39 is 0 Å². The van der Waals surface area contributed by atoms with Crippen LogP contribution in [-0.4, -0.2) is 14.5 Å². The first-order chi connectivity index (χ1) is 19.9. The molecule has 7 aromatic rings. The quantitative estimate of drug-likeness (QED) is 0.239. The monoisotopic (exact) mass is 534 g/mol. The summed E-state index contributed by atoms with van der Waals surface area (Å²) in [5, 5.41) is 6.86. The van der Waals surface area contributed by atoms with Gasteiger partial charge >= 0.3 is 0 Å². The second-order valence-corrected chi connectivity index (χ2v) is 11.3. The van der Waals surface area contributed by atoms with Gasteiger partial charge in [-0.05, 0) is 65.6 Å². The summed E-state index contributed by atoms with van der Waals surface area (Å²) in [6.07, 6.45) is 1.90. The third kappa shape index (κ3) is 4.66. The van der Waals surface area contributed by atoms with Crippen LogP contribution in [0, 0.1) is 0 Å². The molecule has 5 heteroatoms. The largest absolute Gasteiger partial charge is 0.439 e. The first-order valence-electron chi connectivity index (χ1n) is 13.8. The summed E-state index contributed by atoms with van der Waals surface area (Å²) >= 11 is 0. The van der Waals surface area contributed by atoms with Gasteiger partial charge in [-0.1, -0.05) is 69.3 Å². The highest BCUT2D eigenvalue weighted by molar-refractivity contribution is 6.09. The molecule has 0 aliphatic carbocycles. The van der Waals surface area contributed by atoms with Crippen LogP contribution in [-0.2, 0) is 5.41 Å². The Bertz CT molecular complexity index is 2040. The van der Waals surface area contributed by atoms with Crippen molar-refractivity contribution in [1.29, 1.82) is 0 Å². The summed E-state index contributed by atoms with van der Waals surface area (Å²) in [6, 6.07) is 39.2. The molecule has 0 spiro atoms. The molecule has 5 nitrogen and oxygen atoms in total. The lowest BCUT2D eigenvalue weighted by Gasteiger charge is -2.20. The molecular weight excluding hydrogens is 504 g/mol. The summed E-state index contributed by atoms with van der Waals surface area (Å²) in [5.74, 6) is 2.14. The Morgan fingerprint density at radius 2 is 1.51 bits per heavy atom. The predicted molar refractivity (Wildman–Crippen MR) is 169 cm³/mol. The molecule has 0 saturated heterocycles. The molecule has 3 aromatic heterocycles. The Balaban J connectivity index is 1.32. The van der Waals surface area contributed by atoms with Gasteiger partial charge in [0.2, 0.25) is 5.88 Å². The lowest BCUT2D eigenvalue weighted by Crippen LogP contribution is -2.12. The Morgan fingerprint density at radius 3 is 2.37 bits per heavy atom. The Labute approximate surface area is 239 Å². The zero-order valence-electron chi connectivity index (χ0n) is 23.3. The zero-order chi connectivity index (χ0) is 28.0. The first kappa shape index (κ1) is 24.9. The lowest BCUT2D eigenvalue weighted by molar-refractivity contribution is 0.465. The smallest absolute Gasteiger partial charge is 0.219 e. The molecule has 0 aliphatic heterocycles. The number of fused-ring (bicyclic) bond motifs is 4. The number of rotatable bonds is 5. The van der Waals surface area contributed by atoms with Crippen molar-refractivity contribution in [3.63, 3.8) is 0 Å². The lowest BCUT2D eigenvalue weighted by atomic mass is 9.88. The molecule has 1 N–H and O–H groups in total. The minimum absolute atomic E-state index is 0.0146. The highest BCUT2D eigenvalue weighted by Crippen LogP contribution is 2.36. The molecule has 0 atom stereocenters. The van der Waals surface area contributed by atoms with E-state index in [0.717, 1.165) is 44.5 Å². The van der Waals surface area contributed by atoms with Gasteiger partial charge in [0.15, 0.2) is 0 Å². The Morgan fingerprint density at radius 1 is 0.707 bits per heavy atom. The van der Waals surface area contributed by atoms with Crippen LogP contribution in [0.2, 0.25) is 0 Å². The number of ether oxygens (including phenoxy) is 1. The van der Waals surface area contributed by atoms with Crippen molar-refractivity contribution in [2.45, 2.75) is 26.2 Å². The summed E-state index contributed by atoms with van der Waals surface area (Å²) < 4.78 is 8.62. The van der Waals surface area contributed by atoms with Gasteiger partial charge < -0.3 is 10.1 Å². The number of pyridine rings is 2. The average Bonchev–Trinajstić information content (AvgIpc) is 3.31. The number of nitrogens with one attached hydrogen (secondary N) is 1. The van der Waals surface area contributed by atoms with E-state index in [9.17, 15) is 0 Å². The van der Waals surface area contributed by atoms with E-state index in [1.165, 1.54) is 10.9 Å². The van der Waals surface area contributed by atoms with Crippen LogP contribution < -0.4 is 10.1 Å². The van der Waals surface area contributed by atoms with Gasteiger partial charge in [0.25, 0.3) is 0 Å². The molecule has 0 unspecified atom stereocenters. The highest BCUT2D eigenvalue weighted by Gasteiger charge is 2.18. The molecule has 0 radical (unpaired) electrons. The summed E-state index contributed by atoms with van der Waals surface area (Å²) in [5.41, 5.74) is 6.19. The minimum atomic E-state index is 0.0146. The standard InChI is InChI=1S/C36H30N4O/c1-36(2,3)25-20-21-37-33(22-25)40-31-15-8-7-13-28(31)29-18-17-27(23-32(29)40)41-34-19-16-24-10-9-14-30(35(24)39-34)38-26-11-5-4-6-12-26/h4-23,38H,1-3H3. The van der Waals surface area contributed by atoms with Crippen LogP contribution in [0.3, 0.4) is 0 Å². The van der Waals surface area contributed by atoms with Crippen molar-refractivity contribution in [3.8, 4) is 17.4 Å². The molecule has 200 valence electrons. The molecule has 0 fully saturated rings. The average molecular weight is 535 g/mol. The van der Waals surface area contributed by atoms with Crippen molar-refractivity contribution in [1.82, 2.24) is 14.5 Å². The fourth-order valence-electron chi connectivity index (χ4n) is 5.35. The molecule has 7 rings (SSSR count). The van der Waals surface area contributed by atoms with Gasteiger partial charge in [0.1, 0.15) is 11.6 Å². The Hall–Kier alpha value is -5.16. The topological polar surface area (TPSA) is 52.0 Å². The van der Waals surface area contributed by atoms with Crippen LogP contribution in [0.1, 0.15) is 26.3 Å². The van der Waals surface area contributed by atoms with Gasteiger partial charge in [-0.15, -0.1) is 0 Å². The minimum Gasteiger partial charge on any atom is -0.439 e. The zero-order valence-corrected chi connectivity index (χ0v) is 23.3. The molecule has 4 aromatic carbocycles. The molecule has 0 bridgehead atoms. The molecule has 0 aliphatic rings. The van der Waals surface area contributed by atoms with Gasteiger partial charge in [-0.2, -0.15) is 0 Å². The number of anilines is 2. The number of nitrogens with zero attached hydrogens (tertiary/aromatic N) is 3. The predicted octanol–water partition coefficient (Wildman–Crippen LogP) is 9.56. The SMILES string of the molecule is CC(C)(C)c1ccnc(-n2c3ccccc3c3ccc(Oc4ccc5cccc(Nc6ccccc6)c5n4)cc32)c1. The van der Waals surface area contributed by atoms with Gasteiger partial charge in [-0.3, -0.25) is 4.57 Å². The van der Waals surface area contributed by atoms with Crippen LogP contribution in [0.15, 0.2) is 121 Å². The molecule has 3 heterocycles. The van der Waals surface area contributed by atoms with Crippen molar-refractivity contribution in [2.24, 2.45) is 0 Å². The van der Waals surface area contributed by atoms with Crippen LogP contribution in [0.5, 0.6) is 11.6 Å². The van der Waals surface area contributed by atoms with Crippen molar-refractivity contribution < 1.29 is 4.74 Å². The van der Waals surface area contributed by atoms with Gasteiger partial charge in [-0.25, -0.2) is 9.97 Å². The second kappa shape index (κ2) is 9.79. The Kier molecular flexibility index (Phi) is 5.93. The first-order valence-corrected chi connectivity index (χ1v) is 13.8. The van der Waals surface area contributed by atoms with Crippen molar-refractivity contribution >= 4 is 44.1 Å². The van der Waals surface area contributed by atoms with Gasteiger partial charge in [0, 0.05) is 40.2 Å². The number of hydrogen-bond acceptors (Lipinski definition) is 4. The molecule has 0 amide bonds. The molecule has 0 saturated carbocycles. The van der Waals surface area contributed by atoms with Crippen molar-refractivity contribution in [3.05, 3.63) is 127 Å². The third-order valence-corrected chi connectivity index (χ3v) is 7.46. The summed E-state index contributed by atoms with van der Waals surface area (Å²) in [7, 11) is 0. The van der Waals surface area contributed by atoms with E-state index in [4.69, 9.17) is 14.7 Å².